The van der Waals surface area contributed by atoms with E-state index in [1.165, 1.54) is 5.56 Å². The number of benzene rings is 1. The molecular formula is C17H29NOS. The summed E-state index contributed by atoms with van der Waals surface area (Å²) < 4.78 is 0. The fraction of sp³-hybridized carbons (Fsp3) is 0.647. The van der Waals surface area contributed by atoms with E-state index in [9.17, 15) is 5.11 Å². The lowest BCUT2D eigenvalue weighted by atomic mass is 10.00. The average molecular weight is 295 g/mol. The minimum Gasteiger partial charge on any atom is -0.387 e. The highest BCUT2D eigenvalue weighted by Crippen LogP contribution is 2.15. The minimum atomic E-state index is -0.417. The molecule has 0 heterocycles. The monoisotopic (exact) mass is 295 g/mol. The molecule has 0 saturated carbocycles. The lowest BCUT2D eigenvalue weighted by Gasteiger charge is -2.17. The zero-order valence-electron chi connectivity index (χ0n) is 13.2. The third-order valence-corrected chi connectivity index (χ3v) is 4.07. The molecule has 114 valence electrons. The maximum absolute atomic E-state index is 10.2. The average Bonchev–Trinajstić information content (AvgIpc) is 2.42. The molecule has 0 saturated heterocycles. The van der Waals surface area contributed by atoms with E-state index in [0.29, 0.717) is 18.5 Å². The molecule has 0 radical (unpaired) electrons. The summed E-state index contributed by atoms with van der Waals surface area (Å²) in [5, 5.41) is 13.6. The summed E-state index contributed by atoms with van der Waals surface area (Å²) >= 11 is 1.86. The van der Waals surface area contributed by atoms with E-state index in [1.54, 1.807) is 0 Å². The molecule has 0 fully saturated rings. The summed E-state index contributed by atoms with van der Waals surface area (Å²) in [6, 6.07) is 8.83. The van der Waals surface area contributed by atoms with Crippen molar-refractivity contribution in [1.29, 1.82) is 0 Å². The van der Waals surface area contributed by atoms with Crippen molar-refractivity contribution in [2.75, 3.05) is 18.6 Å². The first-order valence-corrected chi connectivity index (χ1v) is 8.91. The first-order chi connectivity index (χ1) is 9.52. The van der Waals surface area contributed by atoms with E-state index in [-0.39, 0.29) is 0 Å². The highest BCUT2D eigenvalue weighted by molar-refractivity contribution is 7.98. The van der Waals surface area contributed by atoms with Crippen molar-refractivity contribution in [3.8, 4) is 0 Å². The van der Waals surface area contributed by atoms with Gasteiger partial charge in [0, 0.05) is 12.6 Å². The van der Waals surface area contributed by atoms with Gasteiger partial charge in [0.15, 0.2) is 0 Å². The summed E-state index contributed by atoms with van der Waals surface area (Å²) in [4.78, 5) is 0. The summed E-state index contributed by atoms with van der Waals surface area (Å²) in [6.45, 7) is 7.25. The molecule has 0 bridgehead atoms. The molecule has 2 nitrogen and oxygen atoms in total. The van der Waals surface area contributed by atoms with Gasteiger partial charge in [-0.3, -0.25) is 0 Å². The predicted molar refractivity (Wildman–Crippen MR) is 90.4 cm³/mol. The Kier molecular flexibility index (Phi) is 8.27. The Morgan fingerprint density at radius 2 is 1.80 bits per heavy atom. The first-order valence-electron chi connectivity index (χ1n) is 7.52. The van der Waals surface area contributed by atoms with Crippen molar-refractivity contribution in [3.63, 3.8) is 0 Å². The fourth-order valence-corrected chi connectivity index (χ4v) is 2.76. The lowest BCUT2D eigenvalue weighted by molar-refractivity contribution is 0.170. The Morgan fingerprint density at radius 1 is 1.15 bits per heavy atom. The molecule has 0 aliphatic heterocycles. The van der Waals surface area contributed by atoms with Gasteiger partial charge in [0.1, 0.15) is 0 Å². The quantitative estimate of drug-likeness (QED) is 0.729. The molecule has 1 aromatic rings. The second-order valence-corrected chi connectivity index (χ2v) is 6.93. The number of aliphatic hydroxyl groups is 1. The van der Waals surface area contributed by atoms with Crippen molar-refractivity contribution in [3.05, 3.63) is 35.4 Å². The van der Waals surface area contributed by atoms with E-state index in [4.69, 9.17) is 0 Å². The van der Waals surface area contributed by atoms with Crippen LogP contribution in [0.5, 0.6) is 0 Å². The number of aliphatic hydroxyl groups excluding tert-OH is 1. The van der Waals surface area contributed by atoms with E-state index in [1.807, 2.05) is 11.8 Å². The van der Waals surface area contributed by atoms with E-state index in [0.717, 1.165) is 24.2 Å². The Hall–Kier alpha value is -0.510. The molecule has 0 aliphatic carbocycles. The van der Waals surface area contributed by atoms with Crippen LogP contribution in [-0.4, -0.2) is 29.7 Å². The normalized spacial score (nSPS) is 14.5. The molecule has 0 amide bonds. The zero-order chi connectivity index (χ0) is 15.0. The molecule has 2 atom stereocenters. The molecule has 1 aromatic carbocycles. The summed E-state index contributed by atoms with van der Waals surface area (Å²) in [6.07, 6.45) is 3.95. The van der Waals surface area contributed by atoms with Gasteiger partial charge in [-0.2, -0.15) is 11.8 Å². The van der Waals surface area contributed by atoms with Crippen LogP contribution >= 0.6 is 11.8 Å². The van der Waals surface area contributed by atoms with Gasteiger partial charge < -0.3 is 10.4 Å². The Labute approximate surface area is 128 Å². The second-order valence-electron chi connectivity index (χ2n) is 5.95. The molecule has 2 unspecified atom stereocenters. The topological polar surface area (TPSA) is 32.3 Å². The molecule has 0 aromatic heterocycles. The van der Waals surface area contributed by atoms with Crippen molar-refractivity contribution in [2.45, 2.75) is 45.8 Å². The lowest BCUT2D eigenvalue weighted by Crippen LogP contribution is -2.30. The minimum absolute atomic E-state index is 0.417. The van der Waals surface area contributed by atoms with E-state index < -0.39 is 6.10 Å². The summed E-state index contributed by atoms with van der Waals surface area (Å²) in [5.74, 6) is 1.83. The maximum Gasteiger partial charge on any atom is 0.0914 e. The van der Waals surface area contributed by atoms with Crippen molar-refractivity contribution in [2.24, 2.45) is 5.92 Å². The van der Waals surface area contributed by atoms with Gasteiger partial charge in [-0.05, 0) is 48.8 Å². The molecule has 1 rings (SSSR count). The molecule has 0 spiro atoms. The van der Waals surface area contributed by atoms with Crippen LogP contribution in [0.15, 0.2) is 24.3 Å². The first kappa shape index (κ1) is 17.5. The molecule has 20 heavy (non-hydrogen) atoms. The van der Waals surface area contributed by atoms with Crippen molar-refractivity contribution < 1.29 is 5.11 Å². The van der Waals surface area contributed by atoms with Gasteiger partial charge in [-0.15, -0.1) is 0 Å². The van der Waals surface area contributed by atoms with Gasteiger partial charge in [0.05, 0.1) is 6.10 Å². The smallest absolute Gasteiger partial charge is 0.0914 e. The molecule has 2 N–H and O–H groups in total. The number of hydrogen-bond acceptors (Lipinski definition) is 3. The number of hydrogen-bond donors (Lipinski definition) is 2. The van der Waals surface area contributed by atoms with Crippen LogP contribution in [-0.2, 0) is 6.42 Å². The van der Waals surface area contributed by atoms with Crippen LogP contribution in [0.4, 0.5) is 0 Å². The highest BCUT2D eigenvalue weighted by Gasteiger charge is 2.09. The zero-order valence-corrected chi connectivity index (χ0v) is 14.0. The molecule has 0 aliphatic rings. The molecular weight excluding hydrogens is 266 g/mol. The predicted octanol–water partition coefficient (Wildman–Crippen LogP) is 3.65. The van der Waals surface area contributed by atoms with Crippen LogP contribution < -0.4 is 5.32 Å². The van der Waals surface area contributed by atoms with E-state index in [2.05, 4.69) is 56.6 Å². The van der Waals surface area contributed by atoms with Gasteiger partial charge >= 0.3 is 0 Å². The third kappa shape index (κ3) is 6.78. The second kappa shape index (κ2) is 9.43. The number of rotatable bonds is 9. The van der Waals surface area contributed by atoms with Gasteiger partial charge in [-0.1, -0.05) is 38.1 Å². The summed E-state index contributed by atoms with van der Waals surface area (Å²) in [5.41, 5.74) is 2.35. The van der Waals surface area contributed by atoms with Gasteiger partial charge in [-0.25, -0.2) is 0 Å². The Morgan fingerprint density at radius 3 is 2.35 bits per heavy atom. The Bertz CT molecular complexity index is 364. The Balaban J connectivity index is 2.41. The highest BCUT2D eigenvalue weighted by atomic mass is 32.2. The van der Waals surface area contributed by atoms with Gasteiger partial charge in [0.25, 0.3) is 0 Å². The number of thioether (sulfide) groups is 1. The standard InChI is InChI=1S/C17H29NOS/c1-13(2)11-15-5-7-16(8-6-15)17(19)12-18-14(3)9-10-20-4/h5-8,13-14,17-19H,9-12H2,1-4H3. The van der Waals surface area contributed by atoms with Crippen molar-refractivity contribution >= 4 is 11.8 Å². The largest absolute Gasteiger partial charge is 0.387 e. The summed E-state index contributed by atoms with van der Waals surface area (Å²) in [7, 11) is 0. The molecule has 3 heteroatoms. The maximum atomic E-state index is 10.2. The number of nitrogens with one attached hydrogen (secondary N) is 1. The van der Waals surface area contributed by atoms with Crippen LogP contribution in [0.3, 0.4) is 0 Å². The SMILES string of the molecule is CSCCC(C)NCC(O)c1ccc(CC(C)C)cc1. The van der Waals surface area contributed by atoms with Crippen LogP contribution in [0.1, 0.15) is 44.4 Å². The van der Waals surface area contributed by atoms with Crippen LogP contribution in [0, 0.1) is 5.92 Å². The van der Waals surface area contributed by atoms with Crippen LogP contribution in [0.2, 0.25) is 0 Å². The van der Waals surface area contributed by atoms with Gasteiger partial charge in [0.2, 0.25) is 0 Å². The van der Waals surface area contributed by atoms with E-state index >= 15 is 0 Å². The van der Waals surface area contributed by atoms with Crippen LogP contribution in [0.25, 0.3) is 0 Å². The third-order valence-electron chi connectivity index (χ3n) is 3.42. The fourth-order valence-electron chi connectivity index (χ4n) is 2.17. The van der Waals surface area contributed by atoms with Crippen molar-refractivity contribution in [1.82, 2.24) is 5.32 Å².